The smallest absolute Gasteiger partial charge is 0.336 e. The number of ketones is 1. The van der Waals surface area contributed by atoms with E-state index in [9.17, 15) is 14.4 Å². The summed E-state index contributed by atoms with van der Waals surface area (Å²) in [6.07, 6.45) is 2.25. The molecule has 0 spiro atoms. The van der Waals surface area contributed by atoms with Crippen molar-refractivity contribution in [1.82, 2.24) is 5.32 Å². The van der Waals surface area contributed by atoms with E-state index in [-0.39, 0.29) is 34.7 Å². The molecule has 2 atom stereocenters. The van der Waals surface area contributed by atoms with Crippen LogP contribution in [0.15, 0.2) is 80.5 Å². The Kier molecular flexibility index (Phi) is 6.23. The summed E-state index contributed by atoms with van der Waals surface area (Å²) in [6, 6.07) is 13.6. The van der Waals surface area contributed by atoms with E-state index in [0.717, 1.165) is 22.5 Å². The molecule has 37 heavy (non-hydrogen) atoms. The van der Waals surface area contributed by atoms with E-state index in [1.165, 1.54) is 13.4 Å². The lowest BCUT2D eigenvalue weighted by molar-refractivity contribution is -0.136. The van der Waals surface area contributed by atoms with Crippen LogP contribution < -0.4 is 15.6 Å². The third-order valence-corrected chi connectivity index (χ3v) is 7.38. The van der Waals surface area contributed by atoms with Crippen LogP contribution in [0.25, 0.3) is 11.0 Å². The number of Topliss-reactive ketones (excluding diaryl/α,β-unsaturated/α-hetero) is 1. The second-order valence-corrected chi connectivity index (χ2v) is 10.0. The van der Waals surface area contributed by atoms with E-state index < -0.39 is 11.9 Å². The number of rotatable bonds is 4. The zero-order valence-corrected chi connectivity index (χ0v) is 21.7. The highest BCUT2D eigenvalue weighted by atomic mass is 16.5. The number of fused-ring (bicyclic) bond motifs is 1. The Hall–Kier alpha value is -4.13. The minimum absolute atomic E-state index is 0.0150. The summed E-state index contributed by atoms with van der Waals surface area (Å²) in [5.41, 5.74) is 5.52. The van der Waals surface area contributed by atoms with Gasteiger partial charge < -0.3 is 19.4 Å². The number of esters is 1. The average Bonchev–Trinajstić information content (AvgIpc) is 2.88. The number of benzene rings is 2. The monoisotopic (exact) mass is 498 g/mol. The van der Waals surface area contributed by atoms with Gasteiger partial charge in [-0.1, -0.05) is 23.8 Å². The number of allylic oxidation sites excluding steroid dienone is 3. The van der Waals surface area contributed by atoms with E-state index >= 15 is 0 Å². The van der Waals surface area contributed by atoms with Crippen molar-refractivity contribution in [1.29, 1.82) is 0 Å². The first-order valence-corrected chi connectivity index (χ1v) is 12.3. The van der Waals surface area contributed by atoms with E-state index in [4.69, 9.17) is 9.15 Å². The summed E-state index contributed by atoms with van der Waals surface area (Å²) in [5.74, 6) is -1.56. The average molecular weight is 499 g/mol. The van der Waals surface area contributed by atoms with E-state index in [1.54, 1.807) is 19.1 Å². The van der Waals surface area contributed by atoms with Gasteiger partial charge in [0.05, 0.1) is 30.3 Å². The second-order valence-electron chi connectivity index (χ2n) is 10.0. The third kappa shape index (κ3) is 4.24. The fourth-order valence-electron chi connectivity index (χ4n) is 5.47. The van der Waals surface area contributed by atoms with Gasteiger partial charge in [-0.3, -0.25) is 9.59 Å². The molecule has 1 N–H and O–H groups in total. The highest BCUT2D eigenvalue weighted by Gasteiger charge is 2.42. The number of hydrogen-bond acceptors (Lipinski definition) is 7. The lowest BCUT2D eigenvalue weighted by Crippen LogP contribution is -2.37. The fraction of sp³-hybridized carbons (Fsp3) is 0.300. The van der Waals surface area contributed by atoms with Crippen molar-refractivity contribution in [3.63, 3.8) is 0 Å². The van der Waals surface area contributed by atoms with Crippen LogP contribution in [0.3, 0.4) is 0 Å². The standard InChI is InChI=1S/C30H30N2O5/c1-16-6-11-25-21(12-16)29(34)22(15-37-25)27-26(30(35)36-5)17(2)31-23-13-19(14-24(33)28(23)27)18-7-9-20(10-8-18)32(3)4/h6-12,15,19,27,31H,13-14H2,1-5H3/t19-,27-/m0/s1. The van der Waals surface area contributed by atoms with Crippen molar-refractivity contribution >= 4 is 28.4 Å². The van der Waals surface area contributed by atoms with Crippen molar-refractivity contribution in [2.24, 2.45) is 0 Å². The van der Waals surface area contributed by atoms with Crippen LogP contribution in [0, 0.1) is 6.92 Å². The first kappa shape index (κ1) is 24.6. The number of dihydropyridines is 1. The number of aryl methyl sites for hydroxylation is 1. The zero-order valence-electron chi connectivity index (χ0n) is 21.7. The summed E-state index contributed by atoms with van der Waals surface area (Å²) in [4.78, 5) is 42.4. The summed E-state index contributed by atoms with van der Waals surface area (Å²) in [6.45, 7) is 3.67. The zero-order chi connectivity index (χ0) is 26.4. The van der Waals surface area contributed by atoms with Crippen molar-refractivity contribution in [2.45, 2.75) is 38.5 Å². The molecule has 190 valence electrons. The van der Waals surface area contributed by atoms with E-state index in [1.807, 2.05) is 44.1 Å². The largest absolute Gasteiger partial charge is 0.466 e. The molecule has 2 aromatic carbocycles. The lowest BCUT2D eigenvalue weighted by Gasteiger charge is -2.36. The van der Waals surface area contributed by atoms with Gasteiger partial charge in [0.1, 0.15) is 5.58 Å². The number of anilines is 1. The molecule has 1 aliphatic carbocycles. The Balaban J connectivity index is 1.64. The predicted octanol–water partition coefficient (Wildman–Crippen LogP) is 4.70. The molecular formula is C30H30N2O5. The van der Waals surface area contributed by atoms with Crippen LogP contribution in [0.2, 0.25) is 0 Å². The molecule has 0 saturated carbocycles. The van der Waals surface area contributed by atoms with Gasteiger partial charge in [-0.15, -0.1) is 0 Å². The summed E-state index contributed by atoms with van der Waals surface area (Å²) < 4.78 is 10.9. The van der Waals surface area contributed by atoms with Crippen LogP contribution in [-0.4, -0.2) is 33.0 Å². The third-order valence-electron chi connectivity index (χ3n) is 7.38. The van der Waals surface area contributed by atoms with Crippen molar-refractivity contribution in [3.05, 3.63) is 98.2 Å². The second kappa shape index (κ2) is 9.39. The number of nitrogens with one attached hydrogen (secondary N) is 1. The fourth-order valence-corrected chi connectivity index (χ4v) is 5.47. The molecule has 1 aromatic heterocycles. The quantitative estimate of drug-likeness (QED) is 0.522. The van der Waals surface area contributed by atoms with Crippen LogP contribution in [0.4, 0.5) is 5.69 Å². The molecule has 2 heterocycles. The first-order chi connectivity index (χ1) is 17.7. The first-order valence-electron chi connectivity index (χ1n) is 12.3. The number of methoxy groups -OCH3 is 1. The molecule has 5 rings (SSSR count). The summed E-state index contributed by atoms with van der Waals surface area (Å²) in [5, 5.41) is 3.72. The Morgan fingerprint density at radius 3 is 2.46 bits per heavy atom. The van der Waals surface area contributed by atoms with Gasteiger partial charge in [0.2, 0.25) is 0 Å². The molecule has 0 amide bonds. The molecule has 7 nitrogen and oxygen atoms in total. The molecular weight excluding hydrogens is 468 g/mol. The van der Waals surface area contributed by atoms with Crippen LogP contribution >= 0.6 is 0 Å². The Morgan fingerprint density at radius 2 is 1.78 bits per heavy atom. The van der Waals surface area contributed by atoms with E-state index in [0.29, 0.717) is 28.7 Å². The summed E-state index contributed by atoms with van der Waals surface area (Å²) in [7, 11) is 5.27. The minimum Gasteiger partial charge on any atom is -0.466 e. The highest BCUT2D eigenvalue weighted by Crippen LogP contribution is 2.45. The Bertz CT molecular complexity index is 1540. The molecule has 0 radical (unpaired) electrons. The maximum Gasteiger partial charge on any atom is 0.336 e. The number of hydrogen-bond donors (Lipinski definition) is 1. The molecule has 7 heteroatoms. The van der Waals surface area contributed by atoms with E-state index in [2.05, 4.69) is 17.4 Å². The van der Waals surface area contributed by atoms with Crippen LogP contribution in [0.5, 0.6) is 0 Å². The molecule has 3 aromatic rings. The number of carbonyl (C=O) groups is 2. The Morgan fingerprint density at radius 1 is 1.05 bits per heavy atom. The van der Waals surface area contributed by atoms with Gasteiger partial charge in [-0.25, -0.2) is 4.79 Å². The van der Waals surface area contributed by atoms with Crippen molar-refractivity contribution in [3.8, 4) is 0 Å². The molecule has 0 unspecified atom stereocenters. The highest BCUT2D eigenvalue weighted by molar-refractivity contribution is 6.04. The Labute approximate surface area is 215 Å². The van der Waals surface area contributed by atoms with Gasteiger partial charge >= 0.3 is 5.97 Å². The van der Waals surface area contributed by atoms with Gasteiger partial charge in [0.25, 0.3) is 0 Å². The number of ether oxygens (including phenoxy) is 1. The molecule has 1 aliphatic heterocycles. The molecule has 0 bridgehead atoms. The SMILES string of the molecule is COC(=O)C1=C(C)NC2=C(C(=O)C[C@@H](c3ccc(N(C)C)cc3)C2)[C@H]1c1coc2ccc(C)cc2c1=O. The predicted molar refractivity (Wildman–Crippen MR) is 143 cm³/mol. The van der Waals surface area contributed by atoms with Gasteiger partial charge in [-0.2, -0.15) is 0 Å². The lowest BCUT2D eigenvalue weighted by atomic mass is 9.72. The van der Waals surface area contributed by atoms with Gasteiger partial charge in [-0.05, 0) is 56.0 Å². The maximum atomic E-state index is 13.7. The van der Waals surface area contributed by atoms with Crippen molar-refractivity contribution < 1.29 is 18.7 Å². The van der Waals surface area contributed by atoms with Crippen molar-refractivity contribution in [2.75, 3.05) is 26.1 Å². The minimum atomic E-state index is -0.866. The van der Waals surface area contributed by atoms with Crippen LogP contribution in [-0.2, 0) is 14.3 Å². The topological polar surface area (TPSA) is 88.8 Å². The van der Waals surface area contributed by atoms with Gasteiger partial charge in [0, 0.05) is 48.7 Å². The number of nitrogens with zero attached hydrogens (tertiary/aromatic N) is 1. The van der Waals surface area contributed by atoms with Gasteiger partial charge in [0.15, 0.2) is 11.2 Å². The molecule has 0 fully saturated rings. The van der Waals surface area contributed by atoms with Crippen LogP contribution in [0.1, 0.15) is 48.3 Å². The molecule has 2 aliphatic rings. The summed E-state index contributed by atoms with van der Waals surface area (Å²) >= 11 is 0. The normalized spacial score (nSPS) is 19.5. The number of carbonyl (C=O) groups excluding carboxylic acids is 2. The maximum absolute atomic E-state index is 13.7. The molecule has 0 saturated heterocycles.